The molecule has 3 atom stereocenters. The summed E-state index contributed by atoms with van der Waals surface area (Å²) in [5.74, 6) is 1.13. The second-order valence-corrected chi connectivity index (χ2v) is 9.80. The number of halogens is 3. The summed E-state index contributed by atoms with van der Waals surface area (Å²) >= 11 is 0. The molecule has 37 heavy (non-hydrogen) atoms. The molecule has 188 valence electrons. The smallest absolute Gasteiger partial charge is 0.320 e. The van der Waals surface area contributed by atoms with Crippen LogP contribution in [0.5, 0.6) is 0 Å². The minimum Gasteiger partial charge on any atom is -0.355 e. The van der Waals surface area contributed by atoms with E-state index < -0.39 is 6.55 Å². The van der Waals surface area contributed by atoms with Crippen LogP contribution in [0.4, 0.5) is 19.0 Å². The quantitative estimate of drug-likeness (QED) is 0.371. The molecule has 0 amide bonds. The first-order valence-electron chi connectivity index (χ1n) is 12.2. The topological polar surface area (TPSA) is 102 Å². The van der Waals surface area contributed by atoms with Gasteiger partial charge in [-0.1, -0.05) is 24.3 Å². The Labute approximate surface area is 209 Å². The Kier molecular flexibility index (Phi) is 4.81. The summed E-state index contributed by atoms with van der Waals surface area (Å²) in [6.07, 6.45) is 3.75. The van der Waals surface area contributed by atoms with Gasteiger partial charge in [0.15, 0.2) is 5.65 Å². The van der Waals surface area contributed by atoms with Crippen molar-refractivity contribution in [1.82, 2.24) is 29.7 Å². The van der Waals surface area contributed by atoms with E-state index in [4.69, 9.17) is 10.7 Å². The number of aromatic amines is 1. The van der Waals surface area contributed by atoms with Crippen molar-refractivity contribution in [1.29, 1.82) is 0 Å². The van der Waals surface area contributed by atoms with E-state index in [-0.39, 0.29) is 17.2 Å². The van der Waals surface area contributed by atoms with Gasteiger partial charge < -0.3 is 10.6 Å². The molecule has 0 spiro atoms. The molecule has 1 aliphatic carbocycles. The zero-order valence-electron chi connectivity index (χ0n) is 19.7. The number of aromatic nitrogens is 6. The van der Waals surface area contributed by atoms with Crippen LogP contribution < -0.4 is 10.6 Å². The highest BCUT2D eigenvalue weighted by atomic mass is 19.3. The first kappa shape index (κ1) is 22.2. The molecule has 2 aliphatic rings. The Bertz CT molecular complexity index is 1650. The Morgan fingerprint density at radius 2 is 2.00 bits per heavy atom. The number of alkyl halides is 2. The number of piperidine rings is 1. The SMILES string of the molecule is NC[C@]1(c2ccccc2F)[C@@H]2CCN(c3cnc4c(-c5ccc6c(c5)ncn6C(F)F)n[nH]c4n3)C[C@@H]21. The van der Waals surface area contributed by atoms with Crippen LogP contribution in [-0.2, 0) is 5.41 Å². The highest BCUT2D eigenvalue weighted by Crippen LogP contribution is 2.63. The Hall–Kier alpha value is -3.99. The van der Waals surface area contributed by atoms with Crippen LogP contribution in [0.2, 0.25) is 0 Å². The number of anilines is 1. The molecule has 7 rings (SSSR count). The fourth-order valence-electron chi connectivity index (χ4n) is 6.32. The Balaban J connectivity index is 1.17. The van der Waals surface area contributed by atoms with Gasteiger partial charge in [-0.05, 0) is 42.0 Å². The molecular formula is C26H23F3N8. The second-order valence-electron chi connectivity index (χ2n) is 9.80. The molecule has 3 N–H and O–H groups in total. The predicted octanol–water partition coefficient (Wildman–Crippen LogP) is 4.26. The summed E-state index contributed by atoms with van der Waals surface area (Å²) in [6.45, 7) is -0.747. The molecule has 2 aromatic carbocycles. The van der Waals surface area contributed by atoms with Crippen LogP contribution in [0.3, 0.4) is 0 Å². The molecule has 4 heterocycles. The van der Waals surface area contributed by atoms with Gasteiger partial charge in [-0.25, -0.2) is 19.3 Å². The van der Waals surface area contributed by atoms with E-state index in [9.17, 15) is 13.2 Å². The van der Waals surface area contributed by atoms with Crippen LogP contribution in [0.1, 0.15) is 18.5 Å². The number of imidazole rings is 1. The van der Waals surface area contributed by atoms with Crippen LogP contribution >= 0.6 is 0 Å². The normalized spacial score (nSPS) is 23.2. The number of fused-ring (bicyclic) bond motifs is 3. The summed E-state index contributed by atoms with van der Waals surface area (Å²) in [7, 11) is 0. The van der Waals surface area contributed by atoms with E-state index in [1.807, 2.05) is 12.1 Å². The minimum absolute atomic E-state index is 0.195. The number of rotatable bonds is 5. The molecule has 0 unspecified atom stereocenters. The van der Waals surface area contributed by atoms with Crippen molar-refractivity contribution in [2.75, 3.05) is 24.5 Å². The van der Waals surface area contributed by atoms with E-state index in [0.717, 1.165) is 36.2 Å². The Morgan fingerprint density at radius 3 is 2.81 bits per heavy atom. The average Bonchev–Trinajstić information content (AvgIpc) is 3.19. The van der Waals surface area contributed by atoms with Crippen molar-refractivity contribution in [2.24, 2.45) is 17.6 Å². The standard InChI is InChI=1S/C26H23F3N8/c27-18-4-2-1-3-16(18)26(12-30)15-7-8-36(11-17(15)26)21-10-31-23-22(34-35-24(23)33-21)14-5-6-20-19(9-14)32-13-37(20)25(28)29/h1-6,9-10,13,15,17,25H,7-8,11-12,30H2,(H,33,34,35)/t15-,17+,26-/m1/s1. The predicted molar refractivity (Wildman–Crippen MR) is 133 cm³/mol. The van der Waals surface area contributed by atoms with Gasteiger partial charge in [0.25, 0.3) is 0 Å². The minimum atomic E-state index is -2.66. The van der Waals surface area contributed by atoms with Gasteiger partial charge in [-0.15, -0.1) is 0 Å². The maximum absolute atomic E-state index is 14.7. The van der Waals surface area contributed by atoms with Crippen LogP contribution in [-0.4, -0.2) is 49.4 Å². The van der Waals surface area contributed by atoms with Crippen molar-refractivity contribution in [3.8, 4) is 11.3 Å². The third-order valence-corrected chi connectivity index (χ3v) is 8.18. The summed E-state index contributed by atoms with van der Waals surface area (Å²) in [4.78, 5) is 15.7. The lowest BCUT2D eigenvalue weighted by Crippen LogP contribution is -2.32. The number of nitrogens with zero attached hydrogens (tertiary/aromatic N) is 6. The van der Waals surface area contributed by atoms with Crippen LogP contribution in [0, 0.1) is 17.7 Å². The summed E-state index contributed by atoms with van der Waals surface area (Å²) < 4.78 is 41.8. The maximum Gasteiger partial charge on any atom is 0.320 e. The van der Waals surface area contributed by atoms with Gasteiger partial charge in [0.1, 0.15) is 29.2 Å². The fourth-order valence-corrected chi connectivity index (χ4v) is 6.32. The first-order valence-corrected chi connectivity index (χ1v) is 12.2. The zero-order chi connectivity index (χ0) is 25.3. The third-order valence-electron chi connectivity index (χ3n) is 8.18. The molecule has 1 aliphatic heterocycles. The highest BCUT2D eigenvalue weighted by molar-refractivity contribution is 5.91. The van der Waals surface area contributed by atoms with Crippen molar-refractivity contribution >= 4 is 28.0 Å². The van der Waals surface area contributed by atoms with Gasteiger partial charge in [0.05, 0.1) is 17.2 Å². The van der Waals surface area contributed by atoms with Crippen LogP contribution in [0.25, 0.3) is 33.5 Å². The van der Waals surface area contributed by atoms with E-state index in [0.29, 0.717) is 51.5 Å². The zero-order valence-corrected chi connectivity index (χ0v) is 19.7. The van der Waals surface area contributed by atoms with Crippen molar-refractivity contribution < 1.29 is 13.2 Å². The summed E-state index contributed by atoms with van der Waals surface area (Å²) in [5, 5.41) is 7.35. The molecule has 1 saturated carbocycles. The van der Waals surface area contributed by atoms with E-state index in [1.54, 1.807) is 30.5 Å². The monoisotopic (exact) mass is 504 g/mol. The van der Waals surface area contributed by atoms with Crippen molar-refractivity contribution in [2.45, 2.75) is 18.4 Å². The lowest BCUT2D eigenvalue weighted by molar-refractivity contribution is 0.0746. The second kappa shape index (κ2) is 8.01. The summed E-state index contributed by atoms with van der Waals surface area (Å²) in [6, 6.07) is 12.0. The molecule has 3 aromatic heterocycles. The van der Waals surface area contributed by atoms with E-state index in [2.05, 4.69) is 25.1 Å². The number of nitrogens with two attached hydrogens (primary N) is 1. The number of hydrogen-bond acceptors (Lipinski definition) is 6. The van der Waals surface area contributed by atoms with Crippen molar-refractivity contribution in [3.63, 3.8) is 0 Å². The first-order chi connectivity index (χ1) is 18.0. The third kappa shape index (κ3) is 3.19. The molecule has 1 saturated heterocycles. The van der Waals surface area contributed by atoms with Gasteiger partial charge in [0.2, 0.25) is 0 Å². The maximum atomic E-state index is 14.7. The lowest BCUT2D eigenvalue weighted by Gasteiger charge is -2.26. The van der Waals surface area contributed by atoms with Gasteiger partial charge in [-0.3, -0.25) is 9.67 Å². The molecule has 0 bridgehead atoms. The molecule has 2 fully saturated rings. The number of hydrogen-bond donors (Lipinski definition) is 2. The number of nitrogens with one attached hydrogen (secondary N) is 1. The van der Waals surface area contributed by atoms with Crippen LogP contribution in [0.15, 0.2) is 55.0 Å². The van der Waals surface area contributed by atoms with Gasteiger partial charge >= 0.3 is 6.55 Å². The molecule has 5 aromatic rings. The molecule has 8 nitrogen and oxygen atoms in total. The van der Waals surface area contributed by atoms with Crippen molar-refractivity contribution in [3.05, 3.63) is 66.4 Å². The molecule has 0 radical (unpaired) electrons. The van der Waals surface area contributed by atoms with Gasteiger partial charge in [0, 0.05) is 30.6 Å². The number of H-pyrrole nitrogens is 1. The van der Waals surface area contributed by atoms with E-state index >= 15 is 0 Å². The highest BCUT2D eigenvalue weighted by Gasteiger charge is 2.66. The molecule has 11 heteroatoms. The summed E-state index contributed by atoms with van der Waals surface area (Å²) in [5.41, 5.74) is 9.79. The molecular weight excluding hydrogens is 481 g/mol. The van der Waals surface area contributed by atoms with E-state index in [1.165, 1.54) is 6.07 Å². The number of benzene rings is 2. The van der Waals surface area contributed by atoms with Gasteiger partial charge in [-0.2, -0.15) is 13.9 Å². The fraction of sp³-hybridized carbons (Fsp3) is 0.308. The Morgan fingerprint density at radius 1 is 1.14 bits per heavy atom. The average molecular weight is 505 g/mol. The lowest BCUT2D eigenvalue weighted by atomic mass is 9.91. The largest absolute Gasteiger partial charge is 0.355 e.